The minimum atomic E-state index is -1.36. The fourth-order valence-corrected chi connectivity index (χ4v) is 4.02. The number of benzene rings is 2. The second kappa shape index (κ2) is 6.72. The van der Waals surface area contributed by atoms with Crippen LogP contribution in [0.4, 0.5) is 0 Å². The minimum Gasteiger partial charge on any atom is -0.409 e. The summed E-state index contributed by atoms with van der Waals surface area (Å²) in [7, 11) is 0. The summed E-state index contributed by atoms with van der Waals surface area (Å²) in [5.74, 6) is 0.805. The van der Waals surface area contributed by atoms with Gasteiger partial charge in [-0.15, -0.1) is 5.48 Å². The highest BCUT2D eigenvalue weighted by atomic mass is 16.7. The largest absolute Gasteiger partial charge is 0.409 e. The fourth-order valence-electron chi connectivity index (χ4n) is 4.02. The third kappa shape index (κ3) is 2.58. The van der Waals surface area contributed by atoms with Crippen LogP contribution in [0.2, 0.25) is 0 Å². The van der Waals surface area contributed by atoms with Crippen LogP contribution >= 0.6 is 0 Å². The van der Waals surface area contributed by atoms with Gasteiger partial charge in [-0.3, -0.25) is 5.32 Å². The number of aliphatic hydroxyl groups is 1. The van der Waals surface area contributed by atoms with Gasteiger partial charge in [-0.05, 0) is 23.6 Å². The number of hydrogen-bond donors (Lipinski definition) is 3. The zero-order chi connectivity index (χ0) is 18.0. The molecule has 4 rings (SSSR count). The van der Waals surface area contributed by atoms with Gasteiger partial charge in [0.05, 0.1) is 11.1 Å². The van der Waals surface area contributed by atoms with Crippen LogP contribution in [0.15, 0.2) is 84.1 Å². The molecule has 0 aromatic heterocycles. The lowest BCUT2D eigenvalue weighted by Crippen LogP contribution is -2.55. The van der Waals surface area contributed by atoms with E-state index < -0.39 is 11.3 Å². The molecule has 0 fully saturated rings. The molecule has 0 radical (unpaired) electrons. The molecule has 4 nitrogen and oxygen atoms in total. The van der Waals surface area contributed by atoms with Crippen LogP contribution in [0, 0.1) is 0 Å². The third-order valence-electron chi connectivity index (χ3n) is 5.12. The molecular weight excluding hydrogens is 324 g/mol. The van der Waals surface area contributed by atoms with Crippen molar-refractivity contribution in [2.75, 3.05) is 6.54 Å². The van der Waals surface area contributed by atoms with Crippen molar-refractivity contribution in [2.24, 2.45) is 0 Å². The monoisotopic (exact) mass is 348 g/mol. The summed E-state index contributed by atoms with van der Waals surface area (Å²) in [6, 6.07) is 20.5. The van der Waals surface area contributed by atoms with Crippen molar-refractivity contribution in [3.8, 4) is 0 Å². The molecule has 2 aliphatic rings. The summed E-state index contributed by atoms with van der Waals surface area (Å²) in [5, 5.41) is 15.2. The smallest absolute Gasteiger partial charge is 0.195 e. The van der Waals surface area contributed by atoms with Crippen molar-refractivity contribution in [1.82, 2.24) is 10.8 Å². The highest BCUT2D eigenvalue weighted by molar-refractivity contribution is 5.54. The van der Waals surface area contributed by atoms with Crippen LogP contribution < -0.4 is 10.8 Å². The first-order chi connectivity index (χ1) is 12.7. The summed E-state index contributed by atoms with van der Waals surface area (Å²) in [4.78, 5) is 5.76. The van der Waals surface area contributed by atoms with Crippen molar-refractivity contribution in [3.63, 3.8) is 0 Å². The topological polar surface area (TPSA) is 53.5 Å². The molecule has 1 unspecified atom stereocenters. The molecule has 2 aliphatic heterocycles. The van der Waals surface area contributed by atoms with Crippen molar-refractivity contribution < 1.29 is 9.94 Å². The lowest BCUT2D eigenvalue weighted by atomic mass is 9.70. The van der Waals surface area contributed by atoms with Crippen LogP contribution in [0.1, 0.15) is 30.9 Å². The molecule has 3 N–H and O–H groups in total. The quantitative estimate of drug-likeness (QED) is 0.742. The van der Waals surface area contributed by atoms with E-state index in [-0.39, 0.29) is 0 Å². The van der Waals surface area contributed by atoms with Crippen LogP contribution in [0.3, 0.4) is 0 Å². The van der Waals surface area contributed by atoms with Gasteiger partial charge in [0.15, 0.2) is 5.72 Å². The molecule has 0 aliphatic carbocycles. The molecule has 2 aromatic rings. The fraction of sp³-hybridized carbons (Fsp3) is 0.273. The molecule has 26 heavy (non-hydrogen) atoms. The Morgan fingerprint density at radius 3 is 2.23 bits per heavy atom. The van der Waals surface area contributed by atoms with Crippen LogP contribution in [0.25, 0.3) is 0 Å². The molecule has 1 atom stereocenters. The van der Waals surface area contributed by atoms with E-state index in [1.54, 1.807) is 6.08 Å². The molecule has 0 saturated heterocycles. The summed E-state index contributed by atoms with van der Waals surface area (Å²) < 4.78 is 0. The Morgan fingerprint density at radius 1 is 1.04 bits per heavy atom. The maximum atomic E-state index is 11.5. The first-order valence-electron chi connectivity index (χ1n) is 9.15. The van der Waals surface area contributed by atoms with Gasteiger partial charge in [-0.2, -0.15) is 0 Å². The summed E-state index contributed by atoms with van der Waals surface area (Å²) in [6.45, 7) is 2.81. The standard InChI is InChI=1S/C22H24N2O2/c1-2-3-15-21(25)20-19(26-24-21)14-16-23-22(20,17-10-6-4-7-11-17)18-12-8-5-9-13-18/h3-13,15,23-25H,2,14,16H2,1H3. The summed E-state index contributed by atoms with van der Waals surface area (Å²) in [6.07, 6.45) is 5.32. The number of rotatable bonds is 4. The highest BCUT2D eigenvalue weighted by Gasteiger charge is 2.54. The van der Waals surface area contributed by atoms with Crippen molar-refractivity contribution >= 4 is 0 Å². The third-order valence-corrected chi connectivity index (χ3v) is 5.12. The van der Waals surface area contributed by atoms with E-state index >= 15 is 0 Å². The van der Waals surface area contributed by atoms with Crippen LogP contribution in [-0.4, -0.2) is 17.4 Å². The van der Waals surface area contributed by atoms with Crippen LogP contribution in [-0.2, 0) is 10.4 Å². The predicted molar refractivity (Wildman–Crippen MR) is 102 cm³/mol. The SMILES string of the molecule is CCC=CC1(O)NOC2=C1C(c1ccccc1)(c1ccccc1)NCC2. The van der Waals surface area contributed by atoms with Gasteiger partial charge in [0.1, 0.15) is 5.76 Å². The molecule has 2 heterocycles. The summed E-state index contributed by atoms with van der Waals surface area (Å²) >= 11 is 0. The Labute approximate surface area is 154 Å². The number of allylic oxidation sites excluding steroid dienone is 1. The van der Waals surface area contributed by atoms with Gasteiger partial charge in [0, 0.05) is 13.0 Å². The molecule has 0 spiro atoms. The molecule has 2 aromatic carbocycles. The van der Waals surface area contributed by atoms with E-state index in [4.69, 9.17) is 4.84 Å². The highest BCUT2D eigenvalue weighted by Crippen LogP contribution is 2.48. The van der Waals surface area contributed by atoms with Crippen molar-refractivity contribution in [3.05, 3.63) is 95.3 Å². The van der Waals surface area contributed by atoms with Gasteiger partial charge >= 0.3 is 0 Å². The first-order valence-corrected chi connectivity index (χ1v) is 9.15. The minimum absolute atomic E-state index is 0.660. The van der Waals surface area contributed by atoms with E-state index in [0.29, 0.717) is 0 Å². The van der Waals surface area contributed by atoms with Gasteiger partial charge in [-0.25, -0.2) is 0 Å². The lowest BCUT2D eigenvalue weighted by molar-refractivity contribution is -0.0199. The molecule has 0 bridgehead atoms. The number of nitrogens with one attached hydrogen (secondary N) is 2. The average molecular weight is 348 g/mol. The van der Waals surface area contributed by atoms with Gasteiger partial charge in [0.2, 0.25) is 0 Å². The summed E-state index contributed by atoms with van der Waals surface area (Å²) in [5.41, 5.74) is 3.82. The molecule has 0 amide bonds. The Kier molecular flexibility index (Phi) is 4.41. The second-order valence-corrected chi connectivity index (χ2v) is 6.74. The molecular formula is C22H24N2O2. The Bertz CT molecular complexity index is 790. The van der Waals surface area contributed by atoms with E-state index in [1.807, 2.05) is 49.4 Å². The van der Waals surface area contributed by atoms with E-state index in [0.717, 1.165) is 41.8 Å². The molecule has 4 heteroatoms. The Morgan fingerprint density at radius 2 is 1.65 bits per heavy atom. The van der Waals surface area contributed by atoms with Gasteiger partial charge < -0.3 is 9.94 Å². The lowest BCUT2D eigenvalue weighted by Gasteiger charge is -2.43. The normalized spacial score (nSPS) is 24.5. The average Bonchev–Trinajstić information content (AvgIpc) is 3.05. The number of hydrogen-bond acceptors (Lipinski definition) is 4. The second-order valence-electron chi connectivity index (χ2n) is 6.74. The maximum Gasteiger partial charge on any atom is 0.195 e. The predicted octanol–water partition coefficient (Wildman–Crippen LogP) is 3.37. The van der Waals surface area contributed by atoms with E-state index in [2.05, 4.69) is 35.1 Å². The van der Waals surface area contributed by atoms with Gasteiger partial charge in [-0.1, -0.05) is 73.7 Å². The zero-order valence-electron chi connectivity index (χ0n) is 14.9. The van der Waals surface area contributed by atoms with Crippen LogP contribution in [0.5, 0.6) is 0 Å². The van der Waals surface area contributed by atoms with Gasteiger partial charge in [0.25, 0.3) is 0 Å². The van der Waals surface area contributed by atoms with E-state index in [1.165, 1.54) is 0 Å². The zero-order valence-corrected chi connectivity index (χ0v) is 14.9. The Hall–Kier alpha value is -2.40. The maximum absolute atomic E-state index is 11.5. The Balaban J connectivity index is 1.99. The molecule has 134 valence electrons. The first kappa shape index (κ1) is 17.0. The van der Waals surface area contributed by atoms with Crippen molar-refractivity contribution in [1.29, 1.82) is 0 Å². The van der Waals surface area contributed by atoms with Crippen molar-refractivity contribution in [2.45, 2.75) is 31.0 Å². The van der Waals surface area contributed by atoms with E-state index in [9.17, 15) is 5.11 Å². The number of hydroxylamine groups is 1. The molecule has 0 saturated carbocycles.